The van der Waals surface area contributed by atoms with Gasteiger partial charge in [0.25, 0.3) is 0 Å². The molecule has 0 spiro atoms. The lowest BCUT2D eigenvalue weighted by Crippen LogP contribution is -2.26. The normalized spacial score (nSPS) is 10.3. The van der Waals surface area contributed by atoms with Crippen molar-refractivity contribution in [2.24, 2.45) is 0 Å². The quantitative estimate of drug-likeness (QED) is 0.657. The van der Waals surface area contributed by atoms with Crippen molar-refractivity contribution >= 4 is 5.97 Å². The molecule has 1 rings (SSSR count). The van der Waals surface area contributed by atoms with Crippen molar-refractivity contribution in [1.29, 1.82) is 0 Å². The highest BCUT2D eigenvalue weighted by molar-refractivity contribution is 5.68. The minimum Gasteiger partial charge on any atom is -0.480 e. The van der Waals surface area contributed by atoms with Gasteiger partial charge in [0.2, 0.25) is 0 Å². The minimum absolute atomic E-state index is 0.118. The molecule has 0 aromatic carbocycles. The third kappa shape index (κ3) is 3.64. The number of hydrogen-bond acceptors (Lipinski definition) is 4. The van der Waals surface area contributed by atoms with E-state index in [1.54, 1.807) is 24.4 Å². The van der Waals surface area contributed by atoms with Crippen LogP contribution in [-0.2, 0) is 11.3 Å². The molecule has 0 aliphatic heterocycles. The summed E-state index contributed by atoms with van der Waals surface area (Å²) >= 11 is 0. The van der Waals surface area contributed by atoms with Crippen molar-refractivity contribution in [2.75, 3.05) is 6.54 Å². The van der Waals surface area contributed by atoms with Crippen LogP contribution in [-0.4, -0.2) is 32.9 Å². The molecule has 0 aliphatic rings. The maximum Gasteiger partial charge on any atom is 0.320 e. The predicted molar refractivity (Wildman–Crippen MR) is 44.1 cm³/mol. The average molecular weight is 182 g/mol. The first-order chi connectivity index (χ1) is 6.18. The Morgan fingerprint density at radius 1 is 1.54 bits per heavy atom. The first kappa shape index (κ1) is 9.63. The van der Waals surface area contributed by atoms with E-state index in [0.29, 0.717) is 10.8 Å². The summed E-state index contributed by atoms with van der Waals surface area (Å²) in [6, 6.07) is 5.24. The Kier molecular flexibility index (Phi) is 3.36. The zero-order valence-electron chi connectivity index (χ0n) is 6.92. The molecule has 0 aliphatic carbocycles. The highest BCUT2D eigenvalue weighted by Crippen LogP contribution is 1.97. The van der Waals surface area contributed by atoms with Crippen LogP contribution in [0.25, 0.3) is 0 Å². The smallest absolute Gasteiger partial charge is 0.320 e. The van der Waals surface area contributed by atoms with E-state index in [4.69, 9.17) is 10.3 Å². The van der Waals surface area contributed by atoms with Crippen LogP contribution in [0.1, 0.15) is 5.69 Å². The zero-order chi connectivity index (χ0) is 9.68. The molecule has 2 N–H and O–H groups in total. The first-order valence-electron chi connectivity index (χ1n) is 3.74. The van der Waals surface area contributed by atoms with Crippen molar-refractivity contribution in [3.05, 3.63) is 30.1 Å². The highest BCUT2D eigenvalue weighted by atomic mass is 16.5. The highest BCUT2D eigenvalue weighted by Gasteiger charge is 2.06. The topological polar surface area (TPSA) is 73.7 Å². The van der Waals surface area contributed by atoms with Gasteiger partial charge in [-0.2, -0.15) is 5.06 Å². The third-order valence-corrected chi connectivity index (χ3v) is 1.39. The van der Waals surface area contributed by atoms with E-state index in [9.17, 15) is 4.79 Å². The van der Waals surface area contributed by atoms with E-state index in [1.165, 1.54) is 0 Å². The van der Waals surface area contributed by atoms with Crippen LogP contribution in [0.2, 0.25) is 0 Å². The third-order valence-electron chi connectivity index (χ3n) is 1.39. The van der Waals surface area contributed by atoms with Crippen LogP contribution < -0.4 is 0 Å². The number of carboxylic acids is 1. The fourth-order valence-corrected chi connectivity index (χ4v) is 0.891. The lowest BCUT2D eigenvalue weighted by atomic mass is 10.3. The fraction of sp³-hybridized carbons (Fsp3) is 0.250. The number of rotatable bonds is 4. The van der Waals surface area contributed by atoms with Gasteiger partial charge < -0.3 is 10.3 Å². The molecule has 0 radical (unpaired) electrons. The molecule has 5 nitrogen and oxygen atoms in total. The number of hydrogen-bond donors (Lipinski definition) is 2. The van der Waals surface area contributed by atoms with Gasteiger partial charge in [0.15, 0.2) is 0 Å². The van der Waals surface area contributed by atoms with Crippen LogP contribution in [0.15, 0.2) is 24.4 Å². The molecule has 13 heavy (non-hydrogen) atoms. The second-order valence-corrected chi connectivity index (χ2v) is 2.54. The van der Waals surface area contributed by atoms with Gasteiger partial charge in [0.05, 0.1) is 12.2 Å². The molecular formula is C8H10N2O3. The van der Waals surface area contributed by atoms with Crippen LogP contribution in [0.4, 0.5) is 0 Å². The van der Waals surface area contributed by atoms with Crippen molar-refractivity contribution in [2.45, 2.75) is 6.54 Å². The molecule has 1 aromatic rings. The van der Waals surface area contributed by atoms with Gasteiger partial charge >= 0.3 is 5.97 Å². The van der Waals surface area contributed by atoms with Crippen molar-refractivity contribution in [1.82, 2.24) is 10.0 Å². The lowest BCUT2D eigenvalue weighted by Gasteiger charge is -2.10. The lowest BCUT2D eigenvalue weighted by molar-refractivity contribution is -0.155. The summed E-state index contributed by atoms with van der Waals surface area (Å²) in [5.74, 6) is -1.07. The number of aromatic nitrogens is 1. The maximum atomic E-state index is 10.2. The van der Waals surface area contributed by atoms with Gasteiger partial charge in [0, 0.05) is 6.20 Å². The Morgan fingerprint density at radius 2 is 2.31 bits per heavy atom. The van der Waals surface area contributed by atoms with Gasteiger partial charge in [-0.05, 0) is 12.1 Å². The summed E-state index contributed by atoms with van der Waals surface area (Å²) in [5.41, 5.74) is 0.631. The number of hydroxylamine groups is 2. The Bertz CT molecular complexity index is 276. The summed E-state index contributed by atoms with van der Waals surface area (Å²) in [5, 5.41) is 18.1. The second kappa shape index (κ2) is 4.54. The van der Waals surface area contributed by atoms with Gasteiger partial charge in [-0.15, -0.1) is 0 Å². The first-order valence-corrected chi connectivity index (χ1v) is 3.74. The number of nitrogens with zero attached hydrogens (tertiary/aromatic N) is 2. The Balaban J connectivity index is 2.45. The molecule has 5 heteroatoms. The van der Waals surface area contributed by atoms with E-state index < -0.39 is 12.5 Å². The van der Waals surface area contributed by atoms with Gasteiger partial charge in [0.1, 0.15) is 6.54 Å². The SMILES string of the molecule is O=C(O)CN(O)Cc1ccccn1. The van der Waals surface area contributed by atoms with E-state index in [-0.39, 0.29) is 6.54 Å². The largest absolute Gasteiger partial charge is 0.480 e. The molecule has 0 bridgehead atoms. The Morgan fingerprint density at radius 3 is 2.85 bits per heavy atom. The molecule has 0 unspecified atom stereocenters. The number of carbonyl (C=O) groups is 1. The molecule has 1 aromatic heterocycles. The summed E-state index contributed by atoms with van der Waals surface area (Å²) in [4.78, 5) is 14.1. The number of carboxylic acid groups (broad SMARTS) is 1. The molecule has 0 amide bonds. The van der Waals surface area contributed by atoms with E-state index >= 15 is 0 Å². The number of aliphatic carboxylic acids is 1. The minimum atomic E-state index is -1.07. The van der Waals surface area contributed by atoms with Crippen LogP contribution >= 0.6 is 0 Å². The monoisotopic (exact) mass is 182 g/mol. The average Bonchev–Trinajstić information content (AvgIpc) is 2.04. The Hall–Kier alpha value is -1.46. The van der Waals surface area contributed by atoms with Crippen molar-refractivity contribution < 1.29 is 15.1 Å². The molecule has 0 fully saturated rings. The van der Waals surface area contributed by atoms with Gasteiger partial charge in [-0.3, -0.25) is 9.78 Å². The molecule has 0 saturated heterocycles. The van der Waals surface area contributed by atoms with E-state index in [1.807, 2.05) is 0 Å². The standard InChI is InChI=1S/C8H10N2O3/c11-8(12)6-10(13)5-7-3-1-2-4-9-7/h1-4,13H,5-6H2,(H,11,12). The second-order valence-electron chi connectivity index (χ2n) is 2.54. The molecular weight excluding hydrogens is 172 g/mol. The summed E-state index contributed by atoms with van der Waals surface area (Å²) < 4.78 is 0. The van der Waals surface area contributed by atoms with Crippen LogP contribution in [0.5, 0.6) is 0 Å². The molecule has 1 heterocycles. The summed E-state index contributed by atoms with van der Waals surface area (Å²) in [7, 11) is 0. The zero-order valence-corrected chi connectivity index (χ0v) is 6.92. The van der Waals surface area contributed by atoms with Crippen molar-refractivity contribution in [3.8, 4) is 0 Å². The fourth-order valence-electron chi connectivity index (χ4n) is 0.891. The molecule has 70 valence electrons. The summed E-state index contributed by atoms with van der Waals surface area (Å²) in [6.07, 6.45) is 1.59. The van der Waals surface area contributed by atoms with Crippen molar-refractivity contribution in [3.63, 3.8) is 0 Å². The summed E-state index contributed by atoms with van der Waals surface area (Å²) in [6.45, 7) is -0.288. The van der Waals surface area contributed by atoms with Crippen LogP contribution in [0.3, 0.4) is 0 Å². The number of pyridine rings is 1. The maximum absolute atomic E-state index is 10.2. The predicted octanol–water partition coefficient (Wildman–Crippen LogP) is 0.357. The van der Waals surface area contributed by atoms with Gasteiger partial charge in [-0.25, -0.2) is 0 Å². The Labute approximate surface area is 75.2 Å². The van der Waals surface area contributed by atoms with Gasteiger partial charge in [-0.1, -0.05) is 6.07 Å². The molecule has 0 atom stereocenters. The van der Waals surface area contributed by atoms with E-state index in [2.05, 4.69) is 4.98 Å². The molecule has 0 saturated carbocycles. The van der Waals surface area contributed by atoms with E-state index in [0.717, 1.165) is 0 Å². The van der Waals surface area contributed by atoms with Crippen LogP contribution in [0, 0.1) is 0 Å².